The Hall–Kier alpha value is -2.62. The van der Waals surface area contributed by atoms with Crippen LogP contribution in [0, 0.1) is 0 Å². The predicted molar refractivity (Wildman–Crippen MR) is 86.7 cm³/mol. The summed E-state index contributed by atoms with van der Waals surface area (Å²) in [4.78, 5) is 12.5. The Kier molecular flexibility index (Phi) is 4.72. The molecule has 0 fully saturated rings. The number of anilines is 1. The average Bonchev–Trinajstić information content (AvgIpc) is 2.54. The van der Waals surface area contributed by atoms with Crippen LogP contribution < -0.4 is 5.32 Å². The molecule has 108 valence electrons. The SMILES string of the molecule is CNc1ccccc1C(=O)N(C)/N=C(\C)c1ccccc1. The minimum atomic E-state index is -0.143. The Morgan fingerprint density at radius 3 is 2.33 bits per heavy atom. The number of benzene rings is 2. The van der Waals surface area contributed by atoms with Crippen LogP contribution in [0.25, 0.3) is 0 Å². The fourth-order valence-corrected chi connectivity index (χ4v) is 2.07. The van der Waals surface area contributed by atoms with Gasteiger partial charge in [-0.05, 0) is 24.6 Å². The van der Waals surface area contributed by atoms with E-state index in [-0.39, 0.29) is 5.91 Å². The van der Waals surface area contributed by atoms with E-state index in [4.69, 9.17) is 0 Å². The number of nitrogens with one attached hydrogen (secondary N) is 1. The van der Waals surface area contributed by atoms with E-state index in [1.54, 1.807) is 20.2 Å². The summed E-state index contributed by atoms with van der Waals surface area (Å²) in [5.74, 6) is -0.143. The Labute approximate surface area is 125 Å². The van der Waals surface area contributed by atoms with Crippen LogP contribution in [0.2, 0.25) is 0 Å². The predicted octanol–water partition coefficient (Wildman–Crippen LogP) is 3.22. The lowest BCUT2D eigenvalue weighted by atomic mass is 10.1. The van der Waals surface area contributed by atoms with Crippen molar-refractivity contribution in [2.45, 2.75) is 6.92 Å². The second-order valence-electron chi connectivity index (χ2n) is 4.68. The zero-order valence-electron chi connectivity index (χ0n) is 12.5. The van der Waals surface area contributed by atoms with Crippen molar-refractivity contribution < 1.29 is 4.79 Å². The van der Waals surface area contributed by atoms with Gasteiger partial charge in [-0.15, -0.1) is 0 Å². The van der Waals surface area contributed by atoms with Gasteiger partial charge in [0.15, 0.2) is 0 Å². The molecule has 0 spiro atoms. The molecule has 21 heavy (non-hydrogen) atoms. The Morgan fingerprint density at radius 1 is 1.05 bits per heavy atom. The third kappa shape index (κ3) is 3.48. The molecule has 2 aromatic carbocycles. The van der Waals surface area contributed by atoms with Crippen LogP contribution in [0.4, 0.5) is 5.69 Å². The van der Waals surface area contributed by atoms with Gasteiger partial charge in [0.25, 0.3) is 5.91 Å². The molecule has 2 aromatic rings. The Bertz CT molecular complexity index is 650. The van der Waals surface area contributed by atoms with E-state index in [1.165, 1.54) is 5.01 Å². The molecular formula is C17H19N3O. The fourth-order valence-electron chi connectivity index (χ4n) is 2.07. The molecule has 0 bridgehead atoms. The normalized spacial score (nSPS) is 11.1. The number of hydrogen-bond donors (Lipinski definition) is 1. The van der Waals surface area contributed by atoms with E-state index < -0.39 is 0 Å². The summed E-state index contributed by atoms with van der Waals surface area (Å²) < 4.78 is 0. The number of carbonyl (C=O) groups excluding carboxylic acids is 1. The number of para-hydroxylation sites is 1. The zero-order valence-corrected chi connectivity index (χ0v) is 12.5. The summed E-state index contributed by atoms with van der Waals surface area (Å²) >= 11 is 0. The van der Waals surface area contributed by atoms with E-state index in [1.807, 2.05) is 55.5 Å². The van der Waals surface area contributed by atoms with Crippen molar-refractivity contribution in [1.29, 1.82) is 0 Å². The number of hydrazone groups is 1. The molecular weight excluding hydrogens is 262 g/mol. The molecule has 0 aromatic heterocycles. The molecule has 0 atom stereocenters. The maximum absolute atomic E-state index is 12.5. The van der Waals surface area contributed by atoms with Gasteiger partial charge in [-0.1, -0.05) is 42.5 Å². The van der Waals surface area contributed by atoms with Crippen molar-refractivity contribution >= 4 is 17.3 Å². The molecule has 0 saturated heterocycles. The zero-order chi connectivity index (χ0) is 15.2. The monoisotopic (exact) mass is 281 g/mol. The maximum atomic E-state index is 12.5. The van der Waals surface area contributed by atoms with Gasteiger partial charge >= 0.3 is 0 Å². The molecule has 0 unspecified atom stereocenters. The summed E-state index contributed by atoms with van der Waals surface area (Å²) in [7, 11) is 3.46. The third-order valence-electron chi connectivity index (χ3n) is 3.21. The summed E-state index contributed by atoms with van der Waals surface area (Å²) in [5, 5.41) is 8.77. The number of nitrogens with zero attached hydrogens (tertiary/aromatic N) is 2. The molecule has 2 rings (SSSR count). The summed E-state index contributed by atoms with van der Waals surface area (Å²) in [6.45, 7) is 1.89. The van der Waals surface area contributed by atoms with Gasteiger partial charge < -0.3 is 5.32 Å². The number of rotatable bonds is 4. The fraction of sp³-hybridized carbons (Fsp3) is 0.176. The van der Waals surface area contributed by atoms with Crippen molar-refractivity contribution in [3.8, 4) is 0 Å². The largest absolute Gasteiger partial charge is 0.387 e. The minimum Gasteiger partial charge on any atom is -0.387 e. The lowest BCUT2D eigenvalue weighted by Gasteiger charge is -2.15. The van der Waals surface area contributed by atoms with Gasteiger partial charge in [0.05, 0.1) is 11.3 Å². The standard InChI is InChI=1S/C17H19N3O/c1-13(14-9-5-4-6-10-14)19-20(3)17(21)15-11-7-8-12-16(15)18-2/h4-12,18H,1-3H3/b19-13+. The van der Waals surface area contributed by atoms with E-state index in [0.717, 1.165) is 17.0 Å². The number of carbonyl (C=O) groups is 1. The van der Waals surface area contributed by atoms with Crippen molar-refractivity contribution in [2.24, 2.45) is 5.10 Å². The first-order valence-corrected chi connectivity index (χ1v) is 6.79. The van der Waals surface area contributed by atoms with Crippen LogP contribution in [-0.4, -0.2) is 30.7 Å². The van der Waals surface area contributed by atoms with Gasteiger partial charge in [0.2, 0.25) is 0 Å². The molecule has 0 heterocycles. The van der Waals surface area contributed by atoms with Crippen molar-refractivity contribution in [1.82, 2.24) is 5.01 Å². The summed E-state index contributed by atoms with van der Waals surface area (Å²) in [6, 6.07) is 17.2. The first-order valence-electron chi connectivity index (χ1n) is 6.79. The number of amides is 1. The summed E-state index contributed by atoms with van der Waals surface area (Å²) in [5.41, 5.74) is 3.20. The van der Waals surface area contributed by atoms with Gasteiger partial charge in [0, 0.05) is 19.8 Å². The Balaban J connectivity index is 2.24. The smallest absolute Gasteiger partial charge is 0.275 e. The van der Waals surface area contributed by atoms with Gasteiger partial charge in [-0.25, -0.2) is 5.01 Å². The molecule has 0 saturated carbocycles. The molecule has 4 nitrogen and oxygen atoms in total. The third-order valence-corrected chi connectivity index (χ3v) is 3.21. The van der Waals surface area contributed by atoms with Crippen molar-refractivity contribution in [2.75, 3.05) is 19.4 Å². The maximum Gasteiger partial charge on any atom is 0.275 e. The molecule has 1 amide bonds. The Morgan fingerprint density at radius 2 is 1.67 bits per heavy atom. The first-order chi connectivity index (χ1) is 10.1. The quantitative estimate of drug-likeness (QED) is 0.691. The number of hydrogen-bond acceptors (Lipinski definition) is 3. The highest BCUT2D eigenvalue weighted by molar-refractivity contribution is 6.02. The highest BCUT2D eigenvalue weighted by atomic mass is 16.2. The molecule has 0 radical (unpaired) electrons. The molecule has 0 aliphatic carbocycles. The molecule has 0 aliphatic rings. The van der Waals surface area contributed by atoms with Crippen LogP contribution in [0.5, 0.6) is 0 Å². The van der Waals surface area contributed by atoms with E-state index in [9.17, 15) is 4.79 Å². The van der Waals surface area contributed by atoms with Crippen molar-refractivity contribution in [3.05, 3.63) is 65.7 Å². The van der Waals surface area contributed by atoms with E-state index in [2.05, 4.69) is 10.4 Å². The first kappa shape index (κ1) is 14.8. The molecule has 0 aliphatic heterocycles. The lowest BCUT2D eigenvalue weighted by molar-refractivity contribution is 0.0800. The van der Waals surface area contributed by atoms with E-state index in [0.29, 0.717) is 5.56 Å². The second kappa shape index (κ2) is 6.70. The van der Waals surface area contributed by atoms with Crippen LogP contribution in [0.3, 0.4) is 0 Å². The topological polar surface area (TPSA) is 44.7 Å². The molecule has 1 N–H and O–H groups in total. The van der Waals surface area contributed by atoms with Crippen LogP contribution in [0.15, 0.2) is 59.7 Å². The van der Waals surface area contributed by atoms with Gasteiger partial charge in [0.1, 0.15) is 0 Å². The van der Waals surface area contributed by atoms with Gasteiger partial charge in [-0.2, -0.15) is 5.10 Å². The van der Waals surface area contributed by atoms with Crippen molar-refractivity contribution in [3.63, 3.8) is 0 Å². The lowest BCUT2D eigenvalue weighted by Crippen LogP contribution is -2.23. The van der Waals surface area contributed by atoms with Crippen LogP contribution >= 0.6 is 0 Å². The minimum absolute atomic E-state index is 0.143. The molecule has 4 heteroatoms. The summed E-state index contributed by atoms with van der Waals surface area (Å²) in [6.07, 6.45) is 0. The van der Waals surface area contributed by atoms with Crippen LogP contribution in [0.1, 0.15) is 22.8 Å². The average molecular weight is 281 g/mol. The van der Waals surface area contributed by atoms with Crippen LogP contribution in [-0.2, 0) is 0 Å². The van der Waals surface area contributed by atoms with E-state index >= 15 is 0 Å². The second-order valence-corrected chi connectivity index (χ2v) is 4.68. The van der Waals surface area contributed by atoms with Gasteiger partial charge in [-0.3, -0.25) is 4.79 Å². The highest BCUT2D eigenvalue weighted by Gasteiger charge is 2.14. The highest BCUT2D eigenvalue weighted by Crippen LogP contribution is 2.16.